The van der Waals surface area contributed by atoms with Crippen LogP contribution in [0.15, 0.2) is 30.6 Å². The number of aromatic amines is 2. The SMILES string of the molecule is CNCCc1c[nH]c2c(-c3cc(O)c4[nH]cc(CCN(C)C)c4c3O)ccc(O)c12. The first-order chi connectivity index (χ1) is 14.4. The lowest BCUT2D eigenvalue weighted by Crippen LogP contribution is -2.14. The first-order valence-electron chi connectivity index (χ1n) is 10.1. The van der Waals surface area contributed by atoms with Gasteiger partial charge in [0.25, 0.3) is 0 Å². The summed E-state index contributed by atoms with van der Waals surface area (Å²) in [5, 5.41) is 36.8. The third-order valence-electron chi connectivity index (χ3n) is 5.65. The molecule has 0 radical (unpaired) electrons. The number of aromatic nitrogens is 2. The molecule has 0 spiro atoms. The van der Waals surface area contributed by atoms with E-state index in [1.54, 1.807) is 18.2 Å². The molecule has 6 N–H and O–H groups in total. The Morgan fingerprint density at radius 1 is 0.867 bits per heavy atom. The van der Waals surface area contributed by atoms with Gasteiger partial charge in [0.1, 0.15) is 17.2 Å². The van der Waals surface area contributed by atoms with Gasteiger partial charge in [0.15, 0.2) is 0 Å². The van der Waals surface area contributed by atoms with E-state index >= 15 is 0 Å². The van der Waals surface area contributed by atoms with E-state index in [-0.39, 0.29) is 17.2 Å². The molecule has 4 aromatic rings. The zero-order valence-electron chi connectivity index (χ0n) is 17.5. The monoisotopic (exact) mass is 408 g/mol. The van der Waals surface area contributed by atoms with Gasteiger partial charge in [0, 0.05) is 40.8 Å². The maximum absolute atomic E-state index is 11.2. The molecule has 158 valence electrons. The number of likely N-dealkylation sites (N-methyl/N-ethyl adjacent to an activating group) is 2. The molecule has 0 saturated carbocycles. The second-order valence-corrected chi connectivity index (χ2v) is 7.96. The van der Waals surface area contributed by atoms with E-state index in [9.17, 15) is 15.3 Å². The minimum atomic E-state index is 0.0806. The molecule has 2 heterocycles. The molecule has 2 aromatic carbocycles. The van der Waals surface area contributed by atoms with E-state index < -0.39 is 0 Å². The van der Waals surface area contributed by atoms with Gasteiger partial charge in [-0.1, -0.05) is 0 Å². The number of fused-ring (bicyclic) bond motifs is 2. The summed E-state index contributed by atoms with van der Waals surface area (Å²) in [6.07, 6.45) is 5.23. The smallest absolute Gasteiger partial charge is 0.140 e. The average Bonchev–Trinajstić information content (AvgIpc) is 3.33. The van der Waals surface area contributed by atoms with Gasteiger partial charge in [-0.05, 0) is 69.9 Å². The molecule has 0 amide bonds. The van der Waals surface area contributed by atoms with Crippen LogP contribution < -0.4 is 5.32 Å². The molecule has 0 saturated heterocycles. The van der Waals surface area contributed by atoms with E-state index in [2.05, 4.69) is 20.2 Å². The highest BCUT2D eigenvalue weighted by molar-refractivity contribution is 6.06. The summed E-state index contributed by atoms with van der Waals surface area (Å²) >= 11 is 0. The highest BCUT2D eigenvalue weighted by Crippen LogP contribution is 2.45. The normalized spacial score (nSPS) is 11.9. The van der Waals surface area contributed by atoms with Crippen molar-refractivity contribution in [3.05, 3.63) is 41.7 Å². The van der Waals surface area contributed by atoms with Gasteiger partial charge in [-0.15, -0.1) is 0 Å². The molecule has 7 nitrogen and oxygen atoms in total. The second-order valence-electron chi connectivity index (χ2n) is 7.96. The van der Waals surface area contributed by atoms with E-state index in [0.717, 1.165) is 53.5 Å². The molecule has 2 aromatic heterocycles. The number of aromatic hydroxyl groups is 3. The van der Waals surface area contributed by atoms with E-state index in [1.807, 2.05) is 33.5 Å². The third kappa shape index (κ3) is 3.36. The lowest BCUT2D eigenvalue weighted by molar-refractivity contribution is 0.414. The number of H-pyrrole nitrogens is 2. The van der Waals surface area contributed by atoms with Crippen LogP contribution in [0.1, 0.15) is 11.1 Å². The Labute approximate surface area is 175 Å². The summed E-state index contributed by atoms with van der Waals surface area (Å²) in [5.74, 6) is 0.396. The number of phenolic OH excluding ortho intramolecular Hbond substituents is 3. The molecule has 4 rings (SSSR count). The Morgan fingerprint density at radius 3 is 2.27 bits per heavy atom. The van der Waals surface area contributed by atoms with Crippen LogP contribution in [0.4, 0.5) is 0 Å². The summed E-state index contributed by atoms with van der Waals surface area (Å²) in [6.45, 7) is 1.61. The van der Waals surface area contributed by atoms with Crippen molar-refractivity contribution in [1.29, 1.82) is 0 Å². The number of hydrogen-bond acceptors (Lipinski definition) is 5. The van der Waals surface area contributed by atoms with Gasteiger partial charge < -0.3 is 35.5 Å². The fourth-order valence-electron chi connectivity index (χ4n) is 4.07. The zero-order chi connectivity index (χ0) is 21.4. The summed E-state index contributed by atoms with van der Waals surface area (Å²) in [4.78, 5) is 8.42. The van der Waals surface area contributed by atoms with Crippen molar-refractivity contribution >= 4 is 21.8 Å². The Kier molecular flexibility index (Phi) is 5.32. The van der Waals surface area contributed by atoms with Crippen LogP contribution in [0.25, 0.3) is 32.9 Å². The topological polar surface area (TPSA) is 108 Å². The quantitative estimate of drug-likeness (QED) is 0.263. The van der Waals surface area contributed by atoms with E-state index in [0.29, 0.717) is 16.5 Å². The zero-order valence-corrected chi connectivity index (χ0v) is 17.5. The molecule has 0 fully saturated rings. The van der Waals surface area contributed by atoms with Crippen LogP contribution in [0.5, 0.6) is 17.2 Å². The van der Waals surface area contributed by atoms with Gasteiger partial charge in [0.05, 0.1) is 11.0 Å². The maximum Gasteiger partial charge on any atom is 0.140 e. The predicted octanol–water partition coefficient (Wildman–Crippen LogP) is 3.30. The molecule has 0 atom stereocenters. The van der Waals surface area contributed by atoms with E-state index in [1.165, 1.54) is 0 Å². The highest BCUT2D eigenvalue weighted by atomic mass is 16.3. The highest BCUT2D eigenvalue weighted by Gasteiger charge is 2.21. The fraction of sp³-hybridized carbons (Fsp3) is 0.304. The first-order valence-corrected chi connectivity index (χ1v) is 10.1. The predicted molar refractivity (Wildman–Crippen MR) is 120 cm³/mol. The van der Waals surface area contributed by atoms with Crippen molar-refractivity contribution in [2.45, 2.75) is 12.8 Å². The summed E-state index contributed by atoms with van der Waals surface area (Å²) in [6, 6.07) is 4.98. The van der Waals surface area contributed by atoms with Crippen molar-refractivity contribution in [2.75, 3.05) is 34.2 Å². The molecule has 0 aliphatic rings. The summed E-state index contributed by atoms with van der Waals surface area (Å²) < 4.78 is 0. The van der Waals surface area contributed by atoms with E-state index in [4.69, 9.17) is 0 Å². The van der Waals surface area contributed by atoms with Crippen molar-refractivity contribution < 1.29 is 15.3 Å². The molecule has 0 unspecified atom stereocenters. The Bertz CT molecular complexity index is 1210. The maximum atomic E-state index is 11.2. The standard InChI is InChI=1S/C23H28N4O3/c1-24-8-6-13-11-25-21-15(4-5-17(28)19(13)21)16-10-18(29)22-20(23(16)30)14(12-26-22)7-9-27(2)3/h4-5,10-12,24-26,28-30H,6-9H2,1-3H3. The van der Waals surface area contributed by atoms with Crippen LogP contribution in [0.3, 0.4) is 0 Å². The van der Waals surface area contributed by atoms with Gasteiger partial charge in [-0.2, -0.15) is 0 Å². The molecular formula is C23H28N4O3. The van der Waals surface area contributed by atoms with Crippen molar-refractivity contribution in [2.24, 2.45) is 0 Å². The lowest BCUT2D eigenvalue weighted by atomic mass is 9.96. The third-order valence-corrected chi connectivity index (χ3v) is 5.65. The fourth-order valence-corrected chi connectivity index (χ4v) is 4.07. The van der Waals surface area contributed by atoms with Gasteiger partial charge in [-0.3, -0.25) is 0 Å². The minimum absolute atomic E-state index is 0.0806. The van der Waals surface area contributed by atoms with Crippen LogP contribution in [-0.2, 0) is 12.8 Å². The molecule has 0 aliphatic carbocycles. The van der Waals surface area contributed by atoms with Crippen molar-refractivity contribution in [3.8, 4) is 28.4 Å². The number of hydrogen-bond donors (Lipinski definition) is 6. The van der Waals surface area contributed by atoms with Crippen LogP contribution >= 0.6 is 0 Å². The molecule has 0 aliphatic heterocycles. The number of nitrogens with one attached hydrogen (secondary N) is 3. The summed E-state index contributed by atoms with van der Waals surface area (Å²) in [7, 11) is 5.89. The second kappa shape index (κ2) is 7.93. The minimum Gasteiger partial charge on any atom is -0.507 e. The van der Waals surface area contributed by atoms with Gasteiger partial charge >= 0.3 is 0 Å². The molecular weight excluding hydrogens is 380 g/mol. The van der Waals surface area contributed by atoms with Crippen molar-refractivity contribution in [1.82, 2.24) is 20.2 Å². The number of benzene rings is 2. The number of rotatable bonds is 7. The van der Waals surface area contributed by atoms with Gasteiger partial charge in [0.2, 0.25) is 0 Å². The van der Waals surface area contributed by atoms with Crippen LogP contribution in [-0.4, -0.2) is 64.4 Å². The lowest BCUT2D eigenvalue weighted by Gasteiger charge is -2.12. The molecule has 7 heteroatoms. The Balaban J connectivity index is 1.90. The van der Waals surface area contributed by atoms with Crippen LogP contribution in [0.2, 0.25) is 0 Å². The van der Waals surface area contributed by atoms with Crippen molar-refractivity contribution in [3.63, 3.8) is 0 Å². The largest absolute Gasteiger partial charge is 0.507 e. The number of phenols is 3. The average molecular weight is 409 g/mol. The molecule has 0 bridgehead atoms. The first kappa shape index (κ1) is 20.1. The van der Waals surface area contributed by atoms with Crippen LogP contribution in [0, 0.1) is 0 Å². The Hall–Kier alpha value is -3.16. The molecule has 30 heavy (non-hydrogen) atoms. The Morgan fingerprint density at radius 2 is 1.57 bits per heavy atom. The summed E-state index contributed by atoms with van der Waals surface area (Å²) in [5.41, 5.74) is 4.47. The number of nitrogens with zero attached hydrogens (tertiary/aromatic N) is 1. The van der Waals surface area contributed by atoms with Gasteiger partial charge in [-0.25, -0.2) is 0 Å².